The van der Waals surface area contributed by atoms with Gasteiger partial charge in [0.2, 0.25) is 0 Å². The second-order valence-electron chi connectivity index (χ2n) is 4.13. The van der Waals surface area contributed by atoms with E-state index >= 15 is 0 Å². The van der Waals surface area contributed by atoms with E-state index in [1.165, 1.54) is 29.8 Å². The molecule has 0 aromatic heterocycles. The van der Waals surface area contributed by atoms with E-state index in [0.717, 1.165) is 12.2 Å². The summed E-state index contributed by atoms with van der Waals surface area (Å²) in [5.74, 6) is 0. The molecule has 0 bridgehead atoms. The Morgan fingerprint density at radius 3 is 3.00 bits per heavy atom. The van der Waals surface area contributed by atoms with Crippen LogP contribution in [0.3, 0.4) is 0 Å². The molecule has 3 heteroatoms. The van der Waals surface area contributed by atoms with E-state index < -0.39 is 0 Å². The molecule has 1 aromatic rings. The van der Waals surface area contributed by atoms with Crippen LogP contribution in [0.15, 0.2) is 23.1 Å². The molecule has 1 atom stereocenters. The first-order valence-electron chi connectivity index (χ1n) is 5.49. The van der Waals surface area contributed by atoms with Gasteiger partial charge in [0.25, 0.3) is 0 Å². The van der Waals surface area contributed by atoms with Crippen molar-refractivity contribution in [3.63, 3.8) is 0 Å². The maximum Gasteiger partial charge on any atom is 0.0454 e. The largest absolute Gasteiger partial charge is 0.398 e. The summed E-state index contributed by atoms with van der Waals surface area (Å²) in [6, 6.07) is 6.33. The minimum atomic E-state index is 0.684. The minimum absolute atomic E-state index is 0.684. The molecular weight excluding hydrogens is 204 g/mol. The molecule has 2 rings (SSSR count). The molecule has 1 fully saturated rings. The van der Waals surface area contributed by atoms with Gasteiger partial charge in [0.05, 0.1) is 0 Å². The van der Waals surface area contributed by atoms with E-state index in [9.17, 15) is 0 Å². The van der Waals surface area contributed by atoms with Crippen molar-refractivity contribution in [3.8, 4) is 0 Å². The number of anilines is 1. The Morgan fingerprint density at radius 2 is 2.33 bits per heavy atom. The summed E-state index contributed by atoms with van der Waals surface area (Å²) in [6.45, 7) is 4.35. The number of nitrogens with two attached hydrogens (primary N) is 1. The Kier molecular flexibility index (Phi) is 3.54. The van der Waals surface area contributed by atoms with E-state index in [1.807, 2.05) is 11.8 Å². The number of hydrogen-bond donors (Lipinski definition) is 2. The highest BCUT2D eigenvalue weighted by Gasteiger charge is 2.15. The standard InChI is InChI=1S/C12H18N2S/c1-9-4-5-12(11(13)7-9)15-10-3-2-6-14-8-10/h4-5,7,10,14H,2-3,6,8,13H2,1H3. The van der Waals surface area contributed by atoms with Crippen molar-refractivity contribution in [3.05, 3.63) is 23.8 Å². The number of rotatable bonds is 2. The molecule has 0 spiro atoms. The molecule has 0 aliphatic carbocycles. The third-order valence-corrected chi connectivity index (χ3v) is 4.07. The zero-order valence-corrected chi connectivity index (χ0v) is 9.94. The lowest BCUT2D eigenvalue weighted by atomic mass is 10.2. The van der Waals surface area contributed by atoms with Gasteiger partial charge >= 0.3 is 0 Å². The lowest BCUT2D eigenvalue weighted by Gasteiger charge is -2.22. The molecule has 2 nitrogen and oxygen atoms in total. The molecule has 1 aliphatic rings. The average Bonchev–Trinajstić information content (AvgIpc) is 2.24. The fraction of sp³-hybridized carbons (Fsp3) is 0.500. The average molecular weight is 222 g/mol. The Labute approximate surface area is 95.6 Å². The maximum absolute atomic E-state index is 6.00. The van der Waals surface area contributed by atoms with Gasteiger partial charge in [-0.3, -0.25) is 0 Å². The second kappa shape index (κ2) is 4.90. The van der Waals surface area contributed by atoms with E-state index in [-0.39, 0.29) is 0 Å². The summed E-state index contributed by atoms with van der Waals surface area (Å²) in [4.78, 5) is 1.23. The van der Waals surface area contributed by atoms with Crippen LogP contribution in [-0.4, -0.2) is 18.3 Å². The van der Waals surface area contributed by atoms with Gasteiger partial charge in [-0.15, -0.1) is 11.8 Å². The van der Waals surface area contributed by atoms with Crippen molar-refractivity contribution >= 4 is 17.4 Å². The molecule has 1 aliphatic heterocycles. The SMILES string of the molecule is Cc1ccc(SC2CCCNC2)c(N)c1. The topological polar surface area (TPSA) is 38.0 Å². The molecule has 0 saturated carbocycles. The van der Waals surface area contributed by atoms with Gasteiger partial charge in [0.15, 0.2) is 0 Å². The molecule has 3 N–H and O–H groups in total. The molecular formula is C12H18N2S. The maximum atomic E-state index is 6.00. The van der Waals surface area contributed by atoms with Crippen LogP contribution in [-0.2, 0) is 0 Å². The number of nitrogen functional groups attached to an aromatic ring is 1. The third-order valence-electron chi connectivity index (χ3n) is 2.71. The normalized spacial score (nSPS) is 21.5. The van der Waals surface area contributed by atoms with Crippen LogP contribution in [0.5, 0.6) is 0 Å². The molecule has 0 radical (unpaired) electrons. The highest BCUT2D eigenvalue weighted by atomic mass is 32.2. The number of thioether (sulfide) groups is 1. The van der Waals surface area contributed by atoms with Crippen molar-refractivity contribution in [2.75, 3.05) is 18.8 Å². The van der Waals surface area contributed by atoms with Crippen LogP contribution in [0.2, 0.25) is 0 Å². The summed E-state index contributed by atoms with van der Waals surface area (Å²) < 4.78 is 0. The van der Waals surface area contributed by atoms with Crippen molar-refractivity contribution in [2.45, 2.75) is 29.9 Å². The third kappa shape index (κ3) is 2.89. The first-order chi connectivity index (χ1) is 7.25. The molecule has 0 amide bonds. The van der Waals surface area contributed by atoms with Gasteiger partial charge in [-0.05, 0) is 44.0 Å². The molecule has 82 valence electrons. The number of nitrogens with one attached hydrogen (secondary N) is 1. The van der Waals surface area contributed by atoms with Crippen molar-refractivity contribution in [1.82, 2.24) is 5.32 Å². The number of piperidine rings is 1. The lowest BCUT2D eigenvalue weighted by molar-refractivity contribution is 0.531. The van der Waals surface area contributed by atoms with Crippen molar-refractivity contribution in [1.29, 1.82) is 0 Å². The van der Waals surface area contributed by atoms with Crippen LogP contribution < -0.4 is 11.1 Å². The van der Waals surface area contributed by atoms with Gasteiger partial charge in [-0.25, -0.2) is 0 Å². The van der Waals surface area contributed by atoms with E-state index in [1.54, 1.807) is 0 Å². The van der Waals surface area contributed by atoms with Crippen LogP contribution in [0, 0.1) is 6.92 Å². The van der Waals surface area contributed by atoms with Crippen LogP contribution in [0.1, 0.15) is 18.4 Å². The van der Waals surface area contributed by atoms with Crippen LogP contribution >= 0.6 is 11.8 Å². The highest BCUT2D eigenvalue weighted by molar-refractivity contribution is 8.00. The quantitative estimate of drug-likeness (QED) is 0.755. The van der Waals surface area contributed by atoms with E-state index in [2.05, 4.69) is 30.4 Å². The van der Waals surface area contributed by atoms with E-state index in [0.29, 0.717) is 5.25 Å². The van der Waals surface area contributed by atoms with Gasteiger partial charge in [0, 0.05) is 22.4 Å². The number of hydrogen-bond acceptors (Lipinski definition) is 3. The fourth-order valence-corrected chi connectivity index (χ4v) is 3.06. The zero-order valence-electron chi connectivity index (χ0n) is 9.12. The van der Waals surface area contributed by atoms with Gasteiger partial charge in [-0.2, -0.15) is 0 Å². The van der Waals surface area contributed by atoms with Gasteiger partial charge < -0.3 is 11.1 Å². The van der Waals surface area contributed by atoms with Crippen molar-refractivity contribution < 1.29 is 0 Å². The zero-order chi connectivity index (χ0) is 10.7. The summed E-state index contributed by atoms with van der Waals surface area (Å²) in [5.41, 5.74) is 8.15. The first kappa shape index (κ1) is 10.8. The Hall–Kier alpha value is -0.670. The summed E-state index contributed by atoms with van der Waals surface area (Å²) in [7, 11) is 0. The van der Waals surface area contributed by atoms with Gasteiger partial charge in [-0.1, -0.05) is 6.07 Å². The molecule has 1 heterocycles. The minimum Gasteiger partial charge on any atom is -0.398 e. The predicted molar refractivity (Wildman–Crippen MR) is 67.3 cm³/mol. The summed E-state index contributed by atoms with van der Waals surface area (Å²) in [6.07, 6.45) is 2.58. The Morgan fingerprint density at radius 1 is 1.47 bits per heavy atom. The molecule has 1 aromatic carbocycles. The van der Waals surface area contributed by atoms with Crippen LogP contribution in [0.25, 0.3) is 0 Å². The van der Waals surface area contributed by atoms with Crippen LogP contribution in [0.4, 0.5) is 5.69 Å². The molecule has 1 saturated heterocycles. The number of benzene rings is 1. The monoisotopic (exact) mass is 222 g/mol. The Bertz CT molecular complexity index is 332. The summed E-state index contributed by atoms with van der Waals surface area (Å²) in [5, 5.41) is 4.11. The highest BCUT2D eigenvalue weighted by Crippen LogP contribution is 2.31. The number of aryl methyl sites for hydroxylation is 1. The second-order valence-corrected chi connectivity index (χ2v) is 5.47. The lowest BCUT2D eigenvalue weighted by Crippen LogP contribution is -2.31. The first-order valence-corrected chi connectivity index (χ1v) is 6.37. The molecule has 15 heavy (non-hydrogen) atoms. The predicted octanol–water partition coefficient (Wildman–Crippen LogP) is 2.42. The molecule has 1 unspecified atom stereocenters. The smallest absolute Gasteiger partial charge is 0.0454 e. The van der Waals surface area contributed by atoms with E-state index in [4.69, 9.17) is 5.73 Å². The Balaban J connectivity index is 2.03. The van der Waals surface area contributed by atoms with Crippen molar-refractivity contribution in [2.24, 2.45) is 0 Å². The van der Waals surface area contributed by atoms with Gasteiger partial charge in [0.1, 0.15) is 0 Å². The fourth-order valence-electron chi connectivity index (χ4n) is 1.88. The summed E-state index contributed by atoms with van der Waals surface area (Å²) >= 11 is 1.91.